The maximum atomic E-state index is 6.10. The average molecular weight is 525 g/mol. The van der Waals surface area contributed by atoms with Gasteiger partial charge in [-0.05, 0) is 37.5 Å². The number of nitrogens with zero attached hydrogens (tertiary/aromatic N) is 2. The minimum atomic E-state index is -0.116. The molecule has 2 rings (SSSR count). The van der Waals surface area contributed by atoms with E-state index < -0.39 is 0 Å². The van der Waals surface area contributed by atoms with Crippen LogP contribution < -0.4 is 10.6 Å². The summed E-state index contributed by atoms with van der Waals surface area (Å²) in [5.41, 5.74) is 1.04. The van der Waals surface area contributed by atoms with Crippen LogP contribution in [-0.4, -0.2) is 70.5 Å². The van der Waals surface area contributed by atoms with Crippen molar-refractivity contribution in [2.45, 2.75) is 31.9 Å². The third-order valence-electron chi connectivity index (χ3n) is 4.80. The second-order valence-electron chi connectivity index (χ2n) is 6.75. The first-order valence-electron chi connectivity index (χ1n) is 9.70. The first-order chi connectivity index (χ1) is 13.2. The van der Waals surface area contributed by atoms with Gasteiger partial charge in [0, 0.05) is 51.5 Å². The van der Waals surface area contributed by atoms with E-state index in [0.29, 0.717) is 17.6 Å². The molecule has 0 amide bonds. The highest BCUT2D eigenvalue weighted by molar-refractivity contribution is 14.0. The number of aliphatic imine (C=N–C) groups is 1. The van der Waals surface area contributed by atoms with E-state index in [1.165, 1.54) is 0 Å². The van der Waals surface area contributed by atoms with Gasteiger partial charge < -0.3 is 25.0 Å². The number of halogens is 2. The van der Waals surface area contributed by atoms with Crippen molar-refractivity contribution in [3.8, 4) is 0 Å². The van der Waals surface area contributed by atoms with Gasteiger partial charge in [0.1, 0.15) is 6.10 Å². The van der Waals surface area contributed by atoms with Crippen molar-refractivity contribution in [2.75, 3.05) is 53.6 Å². The van der Waals surface area contributed by atoms with Gasteiger partial charge in [0.25, 0.3) is 0 Å². The van der Waals surface area contributed by atoms with Gasteiger partial charge in [0.2, 0.25) is 0 Å². The molecule has 0 bridgehead atoms. The lowest BCUT2D eigenvalue weighted by molar-refractivity contribution is 0.110. The van der Waals surface area contributed by atoms with Gasteiger partial charge in [-0.1, -0.05) is 23.7 Å². The lowest BCUT2D eigenvalue weighted by Gasteiger charge is -2.33. The first-order valence-corrected chi connectivity index (χ1v) is 10.1. The van der Waals surface area contributed by atoms with Crippen LogP contribution in [0.25, 0.3) is 0 Å². The van der Waals surface area contributed by atoms with E-state index in [9.17, 15) is 0 Å². The Bertz CT molecular complexity index is 583. The summed E-state index contributed by atoms with van der Waals surface area (Å²) in [6.07, 6.45) is 2.10. The lowest BCUT2D eigenvalue weighted by atomic mass is 10.1. The van der Waals surface area contributed by atoms with E-state index in [0.717, 1.165) is 57.2 Å². The molecule has 0 aliphatic carbocycles. The molecule has 0 aromatic heterocycles. The van der Waals surface area contributed by atoms with Crippen LogP contribution in [0.1, 0.15) is 31.4 Å². The summed E-state index contributed by atoms with van der Waals surface area (Å²) in [7, 11) is 3.46. The molecule has 1 heterocycles. The molecule has 8 heteroatoms. The molecular weight excluding hydrogens is 491 g/mol. The van der Waals surface area contributed by atoms with Crippen LogP contribution >= 0.6 is 35.6 Å². The van der Waals surface area contributed by atoms with Crippen molar-refractivity contribution < 1.29 is 9.47 Å². The van der Waals surface area contributed by atoms with Crippen LogP contribution in [0.2, 0.25) is 5.02 Å². The summed E-state index contributed by atoms with van der Waals surface area (Å²) in [5, 5.41) is 7.63. The fraction of sp³-hybridized carbons (Fsp3) is 0.650. The number of guanidine groups is 1. The Morgan fingerprint density at radius 1 is 1.32 bits per heavy atom. The normalized spacial score (nSPS) is 17.1. The van der Waals surface area contributed by atoms with Gasteiger partial charge in [-0.25, -0.2) is 0 Å². The summed E-state index contributed by atoms with van der Waals surface area (Å²) in [5.74, 6) is 0.844. The fourth-order valence-electron chi connectivity index (χ4n) is 3.23. The molecule has 28 heavy (non-hydrogen) atoms. The van der Waals surface area contributed by atoms with Crippen LogP contribution in [-0.2, 0) is 9.47 Å². The maximum Gasteiger partial charge on any atom is 0.191 e. The van der Waals surface area contributed by atoms with E-state index >= 15 is 0 Å². The molecule has 160 valence electrons. The number of benzene rings is 1. The number of likely N-dealkylation sites (tertiary alicyclic amines) is 1. The fourth-order valence-corrected chi connectivity index (χ4v) is 3.43. The molecule has 1 aliphatic heterocycles. The Labute approximate surface area is 191 Å². The van der Waals surface area contributed by atoms with E-state index in [-0.39, 0.29) is 30.1 Å². The molecular formula is C20H34ClIN4O2. The molecule has 1 atom stereocenters. The van der Waals surface area contributed by atoms with Crippen molar-refractivity contribution in [1.82, 2.24) is 15.5 Å². The zero-order chi connectivity index (χ0) is 19.5. The van der Waals surface area contributed by atoms with Crippen molar-refractivity contribution in [1.29, 1.82) is 0 Å². The van der Waals surface area contributed by atoms with Gasteiger partial charge in [0.15, 0.2) is 5.96 Å². The van der Waals surface area contributed by atoms with Crippen LogP contribution in [0.3, 0.4) is 0 Å². The van der Waals surface area contributed by atoms with Crippen molar-refractivity contribution in [3.05, 3.63) is 34.9 Å². The second kappa shape index (κ2) is 14.4. The molecule has 1 saturated heterocycles. The van der Waals surface area contributed by atoms with Gasteiger partial charge >= 0.3 is 0 Å². The highest BCUT2D eigenvalue weighted by Gasteiger charge is 2.20. The predicted octanol–water partition coefficient (Wildman–Crippen LogP) is 3.31. The van der Waals surface area contributed by atoms with E-state index in [2.05, 4.69) is 22.5 Å². The Balaban J connectivity index is 0.00000392. The van der Waals surface area contributed by atoms with E-state index in [1.54, 1.807) is 14.2 Å². The third kappa shape index (κ3) is 8.82. The zero-order valence-electron chi connectivity index (χ0n) is 17.1. The highest BCUT2D eigenvalue weighted by Crippen LogP contribution is 2.20. The standard InChI is InChI=1S/C20H33ClN4O2.HI/c1-4-22-20(24-18-8-10-25(11-9-18)12-13-26-2)23-15-19(27-3)16-6-5-7-17(21)14-16;/h5-7,14,18-19H,4,8-13,15H2,1-3H3,(H2,22,23,24);1H. The number of ether oxygens (including phenoxy) is 2. The minimum Gasteiger partial charge on any atom is -0.383 e. The van der Waals surface area contributed by atoms with Gasteiger partial charge in [-0.3, -0.25) is 4.99 Å². The molecule has 1 aromatic carbocycles. The average Bonchev–Trinajstić information content (AvgIpc) is 2.68. The molecule has 0 radical (unpaired) electrons. The number of hydrogen-bond donors (Lipinski definition) is 2. The summed E-state index contributed by atoms with van der Waals surface area (Å²) >= 11 is 6.10. The minimum absolute atomic E-state index is 0. The van der Waals surface area contributed by atoms with Crippen molar-refractivity contribution in [2.24, 2.45) is 4.99 Å². The number of nitrogens with one attached hydrogen (secondary N) is 2. The Morgan fingerprint density at radius 2 is 2.07 bits per heavy atom. The van der Waals surface area contributed by atoms with Crippen molar-refractivity contribution in [3.63, 3.8) is 0 Å². The van der Waals surface area contributed by atoms with Crippen LogP contribution in [0.4, 0.5) is 0 Å². The number of methoxy groups -OCH3 is 2. The van der Waals surface area contributed by atoms with Gasteiger partial charge in [0.05, 0.1) is 13.2 Å². The molecule has 0 spiro atoms. The number of hydrogen-bond acceptors (Lipinski definition) is 4. The smallest absolute Gasteiger partial charge is 0.191 e. The molecule has 1 aliphatic rings. The highest BCUT2D eigenvalue weighted by atomic mass is 127. The zero-order valence-corrected chi connectivity index (χ0v) is 20.2. The second-order valence-corrected chi connectivity index (χ2v) is 7.19. The number of piperidine rings is 1. The quantitative estimate of drug-likeness (QED) is 0.295. The van der Waals surface area contributed by atoms with Gasteiger partial charge in [-0.15, -0.1) is 24.0 Å². The molecule has 1 fully saturated rings. The largest absolute Gasteiger partial charge is 0.383 e. The summed E-state index contributed by atoms with van der Waals surface area (Å²) in [6.45, 7) is 7.42. The van der Waals surface area contributed by atoms with Crippen LogP contribution in [0.15, 0.2) is 29.3 Å². The summed E-state index contributed by atoms with van der Waals surface area (Å²) < 4.78 is 10.8. The van der Waals surface area contributed by atoms with E-state index in [1.807, 2.05) is 24.3 Å². The molecule has 2 N–H and O–H groups in total. The Morgan fingerprint density at radius 3 is 2.68 bits per heavy atom. The van der Waals surface area contributed by atoms with Gasteiger partial charge in [-0.2, -0.15) is 0 Å². The summed E-state index contributed by atoms with van der Waals surface area (Å²) in [4.78, 5) is 7.20. The molecule has 6 nitrogen and oxygen atoms in total. The first kappa shape index (κ1) is 25.4. The number of rotatable bonds is 9. The SMILES string of the molecule is CCNC(=NCC(OC)c1cccc(Cl)c1)NC1CCN(CCOC)CC1.I. The predicted molar refractivity (Wildman–Crippen MR) is 127 cm³/mol. The maximum absolute atomic E-state index is 6.10. The molecule has 0 saturated carbocycles. The Hall–Kier alpha value is -0.610. The monoisotopic (exact) mass is 524 g/mol. The van der Waals surface area contributed by atoms with Crippen LogP contribution in [0.5, 0.6) is 0 Å². The topological polar surface area (TPSA) is 58.1 Å². The summed E-state index contributed by atoms with van der Waals surface area (Å²) in [6, 6.07) is 8.20. The Kier molecular flexibility index (Phi) is 13.1. The molecule has 1 aromatic rings. The lowest BCUT2D eigenvalue weighted by Crippen LogP contribution is -2.49. The van der Waals surface area contributed by atoms with Crippen molar-refractivity contribution >= 4 is 41.5 Å². The molecule has 1 unspecified atom stereocenters. The van der Waals surface area contributed by atoms with Crippen LogP contribution in [0, 0.1) is 0 Å². The third-order valence-corrected chi connectivity index (χ3v) is 5.04. The van der Waals surface area contributed by atoms with E-state index in [4.69, 9.17) is 26.1 Å².